The van der Waals surface area contributed by atoms with E-state index < -0.39 is 35.2 Å². The molecule has 1 N–H and O–H groups in total. The summed E-state index contributed by atoms with van der Waals surface area (Å²) in [5.74, 6) is 4.57. The van der Waals surface area contributed by atoms with Crippen LogP contribution in [-0.2, 0) is 12.8 Å². The third kappa shape index (κ3) is 8.05. The first-order valence-corrected chi connectivity index (χ1v) is 13.1. The molecule has 0 aliphatic rings. The van der Waals surface area contributed by atoms with Gasteiger partial charge in [-0.05, 0) is 79.7 Å². The first-order chi connectivity index (χ1) is 21.3. The van der Waals surface area contributed by atoms with Crippen molar-refractivity contribution < 1.29 is 35.8 Å². The summed E-state index contributed by atoms with van der Waals surface area (Å²) in [7, 11) is 0. The van der Waals surface area contributed by atoms with Crippen molar-refractivity contribution in [2.45, 2.75) is 26.1 Å². The fraction of sp³-hybridized carbons (Fsp3) is 0.125. The van der Waals surface area contributed by atoms with E-state index in [1.54, 1.807) is 37.3 Å². The first-order valence-electron chi connectivity index (χ1n) is 13.1. The number of aryl methyl sites for hydroxylation is 1. The smallest absolute Gasteiger partial charge is 0.487 e. The predicted octanol–water partition coefficient (Wildman–Crippen LogP) is 7.10. The van der Waals surface area contributed by atoms with Gasteiger partial charge < -0.3 is 9.47 Å². The minimum Gasteiger partial charge on any atom is -0.487 e. The van der Waals surface area contributed by atoms with Gasteiger partial charge in [-0.25, -0.2) is 9.78 Å². The number of halogens is 6. The van der Waals surface area contributed by atoms with Crippen LogP contribution in [0, 0.1) is 18.8 Å². The summed E-state index contributed by atoms with van der Waals surface area (Å²) < 4.78 is 89.0. The largest absolute Gasteiger partial charge is 0.573 e. The topological polar surface area (TPSA) is 90.0 Å². The van der Waals surface area contributed by atoms with E-state index in [2.05, 4.69) is 36.5 Å². The Morgan fingerprint density at radius 2 is 1.42 bits per heavy atom. The monoisotopic (exact) mass is 622 g/mol. The van der Waals surface area contributed by atoms with Gasteiger partial charge in [-0.15, -0.1) is 13.2 Å². The lowest BCUT2D eigenvalue weighted by Gasteiger charge is -2.17. The molecule has 228 valence electrons. The first kappa shape index (κ1) is 30.8. The van der Waals surface area contributed by atoms with Crippen molar-refractivity contribution in [2.75, 3.05) is 0 Å². The average Bonchev–Trinajstić information content (AvgIpc) is 2.98. The quantitative estimate of drug-likeness (QED) is 0.161. The van der Waals surface area contributed by atoms with E-state index >= 15 is 0 Å². The number of alkyl halides is 6. The van der Waals surface area contributed by atoms with Crippen molar-refractivity contribution >= 4 is 0 Å². The van der Waals surface area contributed by atoms with Gasteiger partial charge in [0.2, 0.25) is 0 Å². The van der Waals surface area contributed by atoms with E-state index in [1.807, 2.05) is 0 Å². The van der Waals surface area contributed by atoms with Gasteiger partial charge >= 0.3 is 18.2 Å². The number of rotatable bonds is 6. The summed E-state index contributed by atoms with van der Waals surface area (Å²) in [4.78, 5) is 27.2. The molecule has 0 radical (unpaired) electrons. The zero-order valence-electron chi connectivity index (χ0n) is 23.1. The number of nitrogens with one attached hydrogen (secondary N) is 1. The number of aromatic amines is 1. The Morgan fingerprint density at radius 3 is 2.04 bits per heavy atom. The van der Waals surface area contributed by atoms with Crippen LogP contribution < -0.4 is 15.2 Å². The number of hydrogen-bond acceptors (Lipinski definition) is 6. The molecule has 0 atom stereocenters. The normalized spacial score (nSPS) is 11.4. The molecule has 0 aliphatic heterocycles. The van der Waals surface area contributed by atoms with E-state index in [0.717, 1.165) is 18.2 Å². The van der Waals surface area contributed by atoms with Crippen molar-refractivity contribution in [2.24, 2.45) is 0 Å². The fourth-order valence-corrected chi connectivity index (χ4v) is 4.18. The van der Waals surface area contributed by atoms with Gasteiger partial charge in [-0.3, -0.25) is 9.97 Å². The zero-order valence-corrected chi connectivity index (χ0v) is 23.1. The maximum atomic E-state index is 14.1. The fourth-order valence-electron chi connectivity index (χ4n) is 4.18. The lowest BCUT2D eigenvalue weighted by molar-refractivity contribution is -0.274. The molecule has 45 heavy (non-hydrogen) atoms. The Balaban J connectivity index is 1.43. The molecule has 3 aromatic carbocycles. The second-order valence-electron chi connectivity index (χ2n) is 9.46. The third-order valence-corrected chi connectivity index (χ3v) is 6.12. The highest BCUT2D eigenvalue weighted by Crippen LogP contribution is 2.41. The summed E-state index contributed by atoms with van der Waals surface area (Å²) in [5, 5.41) is 0. The van der Waals surface area contributed by atoms with Crippen molar-refractivity contribution in [3.05, 3.63) is 123 Å². The average molecular weight is 623 g/mol. The van der Waals surface area contributed by atoms with Gasteiger partial charge in [0.05, 0.1) is 16.8 Å². The van der Waals surface area contributed by atoms with E-state index in [9.17, 15) is 31.1 Å². The SMILES string of the molecule is Cc1cccc(COc2cccc(C(F)(F)F)c2-c2nc(-c3ccc(C#Cc4ccc(OC(F)(F)F)cc4)cc3)nc(=O)[nH]2)n1. The van der Waals surface area contributed by atoms with E-state index in [0.29, 0.717) is 28.1 Å². The highest BCUT2D eigenvalue weighted by molar-refractivity contribution is 5.71. The van der Waals surface area contributed by atoms with Crippen molar-refractivity contribution in [1.29, 1.82) is 0 Å². The van der Waals surface area contributed by atoms with Gasteiger partial charge in [-0.1, -0.05) is 24.0 Å². The van der Waals surface area contributed by atoms with Crippen LogP contribution in [0.15, 0.2) is 89.7 Å². The second-order valence-corrected chi connectivity index (χ2v) is 9.46. The van der Waals surface area contributed by atoms with Crippen LogP contribution >= 0.6 is 0 Å². The van der Waals surface area contributed by atoms with Gasteiger partial charge in [0.25, 0.3) is 0 Å². The van der Waals surface area contributed by atoms with E-state index in [-0.39, 0.29) is 23.9 Å². The summed E-state index contributed by atoms with van der Waals surface area (Å²) in [6.45, 7) is 1.64. The Hall–Kier alpha value is -5.64. The van der Waals surface area contributed by atoms with E-state index in [4.69, 9.17) is 4.74 Å². The highest BCUT2D eigenvalue weighted by Gasteiger charge is 2.36. The molecule has 0 bridgehead atoms. The molecule has 0 spiro atoms. The van der Waals surface area contributed by atoms with Crippen molar-refractivity contribution in [3.63, 3.8) is 0 Å². The summed E-state index contributed by atoms with van der Waals surface area (Å²) in [6.07, 6.45) is -9.61. The van der Waals surface area contributed by atoms with Crippen molar-refractivity contribution in [3.8, 4) is 46.1 Å². The van der Waals surface area contributed by atoms with Crippen molar-refractivity contribution in [1.82, 2.24) is 19.9 Å². The number of nitrogens with zero attached hydrogens (tertiary/aromatic N) is 3. The van der Waals surface area contributed by atoms with Crippen LogP contribution in [0.4, 0.5) is 26.3 Å². The summed E-state index contributed by atoms with van der Waals surface area (Å²) in [5.41, 5.74) is -0.0223. The number of pyridine rings is 1. The van der Waals surface area contributed by atoms with Gasteiger partial charge in [-0.2, -0.15) is 18.2 Å². The summed E-state index contributed by atoms with van der Waals surface area (Å²) in [6, 6.07) is 19.8. The molecular formula is C32H20F6N4O3. The Morgan fingerprint density at radius 1 is 0.778 bits per heavy atom. The molecule has 0 saturated heterocycles. The van der Waals surface area contributed by atoms with Crippen LogP contribution in [0.5, 0.6) is 11.5 Å². The molecule has 0 saturated carbocycles. The number of H-pyrrole nitrogens is 1. The summed E-state index contributed by atoms with van der Waals surface area (Å²) >= 11 is 0. The van der Waals surface area contributed by atoms with Gasteiger partial charge in [0.15, 0.2) is 5.82 Å². The van der Waals surface area contributed by atoms with Crippen LogP contribution in [0.25, 0.3) is 22.8 Å². The zero-order chi connectivity index (χ0) is 32.2. The molecular weight excluding hydrogens is 602 g/mol. The van der Waals surface area contributed by atoms with Gasteiger partial charge in [0, 0.05) is 22.4 Å². The van der Waals surface area contributed by atoms with Crippen LogP contribution in [0.2, 0.25) is 0 Å². The Kier molecular flexibility index (Phi) is 8.58. The maximum absolute atomic E-state index is 14.1. The van der Waals surface area contributed by atoms with Gasteiger partial charge in [0.1, 0.15) is 23.9 Å². The molecule has 0 aliphatic carbocycles. The predicted molar refractivity (Wildman–Crippen MR) is 151 cm³/mol. The highest BCUT2D eigenvalue weighted by atomic mass is 19.4. The van der Waals surface area contributed by atoms with E-state index in [1.165, 1.54) is 36.4 Å². The Labute approximate surface area is 251 Å². The van der Waals surface area contributed by atoms with Crippen LogP contribution in [0.1, 0.15) is 28.1 Å². The second kappa shape index (κ2) is 12.5. The molecule has 5 rings (SSSR count). The molecule has 5 aromatic rings. The molecule has 2 aromatic heterocycles. The number of aromatic nitrogens is 4. The Bertz CT molecular complexity index is 1940. The molecule has 0 unspecified atom stereocenters. The molecule has 7 nitrogen and oxygen atoms in total. The number of benzene rings is 3. The molecule has 2 heterocycles. The molecule has 0 fully saturated rings. The molecule has 13 heteroatoms. The lowest BCUT2D eigenvalue weighted by atomic mass is 10.0. The number of hydrogen-bond donors (Lipinski definition) is 1. The van der Waals surface area contributed by atoms with Crippen LogP contribution in [0.3, 0.4) is 0 Å². The van der Waals surface area contributed by atoms with Crippen LogP contribution in [-0.4, -0.2) is 26.3 Å². The number of ether oxygens (including phenoxy) is 2. The standard InChI is InChI=1S/C32H20F6N4O3/c1-19-4-2-5-23(39-19)18-44-26-7-3-6-25(31(33,34)35)27(26)29-40-28(41-30(43)42-29)22-14-10-20(11-15-22)8-9-21-12-16-24(17-13-21)45-32(36,37)38/h2-7,10-17H,18H2,1H3,(H,40,41,42,43). The minimum atomic E-state index is -4.81. The molecule has 0 amide bonds. The maximum Gasteiger partial charge on any atom is 0.573 e. The third-order valence-electron chi connectivity index (χ3n) is 6.12. The minimum absolute atomic E-state index is 0.133. The lowest BCUT2D eigenvalue weighted by Crippen LogP contribution is -2.17.